The van der Waals surface area contributed by atoms with Gasteiger partial charge < -0.3 is 14.6 Å². The van der Waals surface area contributed by atoms with Crippen molar-refractivity contribution in [2.24, 2.45) is 5.10 Å². The van der Waals surface area contributed by atoms with Crippen molar-refractivity contribution in [3.05, 3.63) is 53.6 Å². The summed E-state index contributed by atoms with van der Waals surface area (Å²) < 4.78 is 10.7. The van der Waals surface area contributed by atoms with Gasteiger partial charge in [-0.1, -0.05) is 25.1 Å². The third-order valence-electron chi connectivity index (χ3n) is 3.42. The van der Waals surface area contributed by atoms with Crippen molar-refractivity contribution in [3.8, 4) is 17.2 Å². The summed E-state index contributed by atoms with van der Waals surface area (Å²) in [5.41, 5.74) is 4.01. The zero-order valence-electron chi connectivity index (χ0n) is 14.4. The summed E-state index contributed by atoms with van der Waals surface area (Å²) in [4.78, 5) is 11.7. The average Bonchev–Trinajstić information content (AvgIpc) is 2.63. The highest BCUT2D eigenvalue weighted by molar-refractivity contribution is 5.86. The number of carbonyl (C=O) groups excluding carboxylic acids is 1. The van der Waals surface area contributed by atoms with Crippen molar-refractivity contribution in [1.82, 2.24) is 5.43 Å². The van der Waals surface area contributed by atoms with E-state index in [1.54, 1.807) is 18.2 Å². The largest absolute Gasteiger partial charge is 0.504 e. The summed E-state index contributed by atoms with van der Waals surface area (Å²) in [6.07, 6.45) is 2.30. The van der Waals surface area contributed by atoms with Gasteiger partial charge in [-0.25, -0.2) is 5.43 Å². The summed E-state index contributed by atoms with van der Waals surface area (Å²) in [7, 11) is 0. The number of rotatable bonds is 8. The van der Waals surface area contributed by atoms with Crippen LogP contribution in [0.5, 0.6) is 17.2 Å². The normalized spacial score (nSPS) is 10.6. The third-order valence-corrected chi connectivity index (χ3v) is 3.42. The van der Waals surface area contributed by atoms with Crippen LogP contribution in [0.3, 0.4) is 0 Å². The molecule has 2 aromatic rings. The molecule has 25 heavy (non-hydrogen) atoms. The molecule has 0 aliphatic carbocycles. The number of ether oxygens (including phenoxy) is 2. The highest BCUT2D eigenvalue weighted by Crippen LogP contribution is 2.28. The van der Waals surface area contributed by atoms with Gasteiger partial charge in [0.25, 0.3) is 5.91 Å². The van der Waals surface area contributed by atoms with Gasteiger partial charge in [0.05, 0.1) is 12.8 Å². The van der Waals surface area contributed by atoms with Crippen LogP contribution in [-0.2, 0) is 11.2 Å². The van der Waals surface area contributed by atoms with Crippen LogP contribution in [-0.4, -0.2) is 30.4 Å². The summed E-state index contributed by atoms with van der Waals surface area (Å²) in [6.45, 7) is 4.20. The molecule has 2 N–H and O–H groups in total. The number of hydrogen-bond donors (Lipinski definition) is 2. The number of nitrogens with zero attached hydrogens (tertiary/aromatic N) is 1. The molecule has 0 aliphatic rings. The van der Waals surface area contributed by atoms with Crippen molar-refractivity contribution in [1.29, 1.82) is 0 Å². The molecular formula is C19H22N2O4. The fraction of sp³-hybridized carbons (Fsp3) is 0.263. The SMILES string of the molecule is CCOc1cccc(C=NNC(=O)COc2ccc(CC)cc2)c1O. The molecule has 0 atom stereocenters. The summed E-state index contributed by atoms with van der Waals surface area (Å²) >= 11 is 0. The second kappa shape index (κ2) is 9.32. The molecule has 0 aromatic heterocycles. The van der Waals surface area contributed by atoms with Crippen LogP contribution < -0.4 is 14.9 Å². The van der Waals surface area contributed by atoms with Crippen LogP contribution >= 0.6 is 0 Å². The number of para-hydroxylation sites is 1. The highest BCUT2D eigenvalue weighted by atomic mass is 16.5. The van der Waals surface area contributed by atoms with E-state index < -0.39 is 5.91 Å². The van der Waals surface area contributed by atoms with E-state index >= 15 is 0 Å². The second-order valence-corrected chi connectivity index (χ2v) is 5.21. The Morgan fingerprint density at radius 2 is 1.92 bits per heavy atom. The second-order valence-electron chi connectivity index (χ2n) is 5.21. The molecule has 0 spiro atoms. The minimum absolute atomic E-state index is 0.0189. The first kappa shape index (κ1) is 18.3. The van der Waals surface area contributed by atoms with Gasteiger partial charge in [-0.3, -0.25) is 4.79 Å². The molecule has 0 saturated heterocycles. The van der Waals surface area contributed by atoms with Crippen LogP contribution in [0.2, 0.25) is 0 Å². The van der Waals surface area contributed by atoms with E-state index in [2.05, 4.69) is 17.5 Å². The lowest BCUT2D eigenvalue weighted by Crippen LogP contribution is -2.24. The van der Waals surface area contributed by atoms with E-state index in [1.165, 1.54) is 11.8 Å². The first-order valence-electron chi connectivity index (χ1n) is 8.12. The molecule has 6 nitrogen and oxygen atoms in total. The number of phenols is 1. The first-order valence-corrected chi connectivity index (χ1v) is 8.12. The lowest BCUT2D eigenvalue weighted by atomic mass is 10.2. The van der Waals surface area contributed by atoms with Crippen LogP contribution in [0.1, 0.15) is 25.0 Å². The molecule has 2 aromatic carbocycles. The van der Waals surface area contributed by atoms with Crippen molar-refractivity contribution < 1.29 is 19.4 Å². The standard InChI is InChI=1S/C19H22N2O4/c1-3-14-8-10-16(11-9-14)25-13-18(22)21-20-12-15-6-5-7-17(19(15)23)24-4-2/h5-12,23H,3-4,13H2,1-2H3,(H,21,22). The Labute approximate surface area is 147 Å². The Morgan fingerprint density at radius 3 is 2.60 bits per heavy atom. The topological polar surface area (TPSA) is 80.2 Å². The van der Waals surface area contributed by atoms with Crippen LogP contribution in [0.4, 0.5) is 0 Å². The van der Waals surface area contributed by atoms with Crippen molar-refractivity contribution >= 4 is 12.1 Å². The predicted molar refractivity (Wildman–Crippen MR) is 96.3 cm³/mol. The van der Waals surface area contributed by atoms with Gasteiger partial charge in [-0.05, 0) is 43.2 Å². The van der Waals surface area contributed by atoms with Gasteiger partial charge in [-0.2, -0.15) is 5.10 Å². The summed E-state index contributed by atoms with van der Waals surface area (Å²) in [6, 6.07) is 12.6. The molecule has 0 radical (unpaired) electrons. The number of aryl methyl sites for hydroxylation is 1. The maximum atomic E-state index is 11.7. The van der Waals surface area contributed by atoms with Gasteiger partial charge in [0.2, 0.25) is 0 Å². The summed E-state index contributed by atoms with van der Waals surface area (Å²) in [5.74, 6) is 0.584. The smallest absolute Gasteiger partial charge is 0.277 e. The zero-order chi connectivity index (χ0) is 18.1. The number of aromatic hydroxyl groups is 1. The maximum Gasteiger partial charge on any atom is 0.277 e. The van der Waals surface area contributed by atoms with Crippen molar-refractivity contribution in [2.45, 2.75) is 20.3 Å². The fourth-order valence-corrected chi connectivity index (χ4v) is 2.09. The number of amides is 1. The quantitative estimate of drug-likeness (QED) is 0.571. The Morgan fingerprint density at radius 1 is 1.16 bits per heavy atom. The van der Waals surface area contributed by atoms with Gasteiger partial charge in [0.1, 0.15) is 5.75 Å². The maximum absolute atomic E-state index is 11.7. The Hall–Kier alpha value is -3.02. The predicted octanol–water partition coefficient (Wildman–Crippen LogP) is 2.88. The molecule has 1 amide bonds. The molecule has 0 bridgehead atoms. The van der Waals surface area contributed by atoms with E-state index in [1.807, 2.05) is 31.2 Å². The Bertz CT molecular complexity index is 727. The van der Waals surface area contributed by atoms with Gasteiger partial charge in [-0.15, -0.1) is 0 Å². The van der Waals surface area contributed by atoms with E-state index in [4.69, 9.17) is 9.47 Å². The summed E-state index contributed by atoms with van der Waals surface area (Å²) in [5, 5.41) is 13.8. The lowest BCUT2D eigenvalue weighted by Gasteiger charge is -2.07. The molecule has 0 fully saturated rings. The molecule has 0 unspecified atom stereocenters. The van der Waals surface area contributed by atoms with Gasteiger partial charge in [0.15, 0.2) is 18.1 Å². The number of phenolic OH excluding ortho intramolecular Hbond substituents is 1. The highest BCUT2D eigenvalue weighted by Gasteiger charge is 2.06. The van der Waals surface area contributed by atoms with E-state index in [9.17, 15) is 9.90 Å². The van der Waals surface area contributed by atoms with E-state index in [0.717, 1.165) is 6.42 Å². The lowest BCUT2D eigenvalue weighted by molar-refractivity contribution is -0.123. The third kappa shape index (κ3) is 5.53. The number of nitrogens with one attached hydrogen (secondary N) is 1. The van der Waals surface area contributed by atoms with Gasteiger partial charge in [0, 0.05) is 5.56 Å². The molecule has 0 aliphatic heterocycles. The van der Waals surface area contributed by atoms with Gasteiger partial charge >= 0.3 is 0 Å². The minimum atomic E-state index is -0.392. The Kier molecular flexibility index (Phi) is 6.83. The van der Waals surface area contributed by atoms with Crippen molar-refractivity contribution in [2.75, 3.05) is 13.2 Å². The number of hydrogen-bond acceptors (Lipinski definition) is 5. The number of benzene rings is 2. The average molecular weight is 342 g/mol. The van der Waals surface area contributed by atoms with E-state index in [0.29, 0.717) is 23.7 Å². The fourth-order valence-electron chi connectivity index (χ4n) is 2.09. The first-order chi connectivity index (χ1) is 12.1. The number of hydrazone groups is 1. The molecule has 6 heteroatoms. The number of carbonyl (C=O) groups is 1. The van der Waals surface area contributed by atoms with Crippen LogP contribution in [0.25, 0.3) is 0 Å². The molecular weight excluding hydrogens is 320 g/mol. The zero-order valence-corrected chi connectivity index (χ0v) is 14.4. The Balaban J connectivity index is 1.85. The monoisotopic (exact) mass is 342 g/mol. The molecule has 0 saturated carbocycles. The minimum Gasteiger partial charge on any atom is -0.504 e. The molecule has 0 heterocycles. The molecule has 132 valence electrons. The molecule has 2 rings (SSSR count). The van der Waals surface area contributed by atoms with Crippen LogP contribution in [0.15, 0.2) is 47.6 Å². The van der Waals surface area contributed by atoms with Crippen LogP contribution in [0, 0.1) is 0 Å². The van der Waals surface area contributed by atoms with E-state index in [-0.39, 0.29) is 12.4 Å². The van der Waals surface area contributed by atoms with Crippen molar-refractivity contribution in [3.63, 3.8) is 0 Å².